The zero-order chi connectivity index (χ0) is 14.1. The van der Waals surface area contributed by atoms with Gasteiger partial charge in [0.05, 0.1) is 11.3 Å². The predicted molar refractivity (Wildman–Crippen MR) is 56.7 cm³/mol. The second kappa shape index (κ2) is 4.48. The zero-order valence-electron chi connectivity index (χ0n) is 8.95. The van der Waals surface area contributed by atoms with Crippen molar-refractivity contribution in [2.75, 3.05) is 4.72 Å². The van der Waals surface area contributed by atoms with Gasteiger partial charge in [-0.25, -0.2) is 4.79 Å². The van der Waals surface area contributed by atoms with Gasteiger partial charge in [-0.15, -0.1) is 0 Å². The molecule has 0 saturated carbocycles. The summed E-state index contributed by atoms with van der Waals surface area (Å²) in [5.41, 5.74) is -6.26. The van der Waals surface area contributed by atoms with E-state index in [9.17, 15) is 26.4 Å². The van der Waals surface area contributed by atoms with Gasteiger partial charge in [0.1, 0.15) is 0 Å². The van der Waals surface area contributed by atoms with E-state index in [1.165, 1.54) is 11.6 Å². The highest BCUT2D eigenvalue weighted by Crippen LogP contribution is 2.27. The molecule has 0 heterocycles. The largest absolute Gasteiger partial charge is 0.516 e. The molecular formula is C9H8F3NO4S. The van der Waals surface area contributed by atoms with Crippen LogP contribution in [0.1, 0.15) is 15.9 Å². The van der Waals surface area contributed by atoms with Crippen molar-refractivity contribution in [3.05, 3.63) is 29.3 Å². The van der Waals surface area contributed by atoms with E-state index in [1.807, 2.05) is 0 Å². The van der Waals surface area contributed by atoms with Crippen LogP contribution in [0.15, 0.2) is 18.2 Å². The minimum Gasteiger partial charge on any atom is -0.478 e. The summed E-state index contributed by atoms with van der Waals surface area (Å²) in [6, 6.07) is 3.35. The molecule has 9 heteroatoms. The summed E-state index contributed by atoms with van der Waals surface area (Å²) < 4.78 is 59.5. The highest BCUT2D eigenvalue weighted by atomic mass is 32.2. The predicted octanol–water partition coefficient (Wildman–Crippen LogP) is 1.95. The third-order valence-electron chi connectivity index (χ3n) is 2.11. The number of carboxylic acids is 1. The molecule has 0 aliphatic carbocycles. The van der Waals surface area contributed by atoms with Crippen molar-refractivity contribution in [3.8, 4) is 0 Å². The van der Waals surface area contributed by atoms with E-state index < -0.39 is 27.2 Å². The first kappa shape index (κ1) is 14.3. The van der Waals surface area contributed by atoms with Crippen LogP contribution < -0.4 is 4.72 Å². The topological polar surface area (TPSA) is 83.5 Å². The van der Waals surface area contributed by atoms with Crippen molar-refractivity contribution in [3.63, 3.8) is 0 Å². The highest BCUT2D eigenvalue weighted by molar-refractivity contribution is 7.93. The second-order valence-electron chi connectivity index (χ2n) is 3.33. The molecule has 0 fully saturated rings. The fraction of sp³-hybridized carbons (Fsp3) is 0.222. The van der Waals surface area contributed by atoms with Crippen LogP contribution in [0.5, 0.6) is 0 Å². The molecule has 0 bridgehead atoms. The molecule has 5 nitrogen and oxygen atoms in total. The van der Waals surface area contributed by atoms with Gasteiger partial charge in [-0.3, -0.25) is 4.72 Å². The molecule has 0 aliphatic heterocycles. The summed E-state index contributed by atoms with van der Waals surface area (Å²) in [7, 11) is -5.56. The van der Waals surface area contributed by atoms with E-state index in [-0.39, 0.29) is 11.1 Å². The summed E-state index contributed by atoms with van der Waals surface area (Å²) in [4.78, 5) is 10.7. The van der Waals surface area contributed by atoms with Crippen molar-refractivity contribution >= 4 is 21.7 Å². The Morgan fingerprint density at radius 2 is 1.89 bits per heavy atom. The molecule has 1 aromatic carbocycles. The lowest BCUT2D eigenvalue weighted by atomic mass is 10.1. The number of aromatic carboxylic acids is 1. The Labute approximate surface area is 100 Å². The number of anilines is 1. The lowest BCUT2D eigenvalue weighted by Gasteiger charge is -2.13. The van der Waals surface area contributed by atoms with Crippen LogP contribution in [0, 0.1) is 6.92 Å². The lowest BCUT2D eigenvalue weighted by Crippen LogP contribution is -2.30. The third kappa shape index (κ3) is 2.73. The average molecular weight is 283 g/mol. The fourth-order valence-corrected chi connectivity index (χ4v) is 1.81. The molecule has 0 saturated heterocycles. The van der Waals surface area contributed by atoms with Crippen molar-refractivity contribution in [2.45, 2.75) is 12.4 Å². The van der Waals surface area contributed by atoms with Gasteiger partial charge in [0.2, 0.25) is 0 Å². The Morgan fingerprint density at radius 1 is 1.33 bits per heavy atom. The number of sulfonamides is 1. The summed E-state index contributed by atoms with van der Waals surface area (Å²) in [5, 5.41) is 8.75. The quantitative estimate of drug-likeness (QED) is 0.888. The molecule has 0 unspecified atom stereocenters. The molecular weight excluding hydrogens is 275 g/mol. The van der Waals surface area contributed by atoms with E-state index in [4.69, 9.17) is 5.11 Å². The molecule has 0 amide bonds. The smallest absolute Gasteiger partial charge is 0.478 e. The molecule has 1 aromatic rings. The molecule has 100 valence electrons. The Kier molecular flexibility index (Phi) is 3.56. The molecule has 2 N–H and O–H groups in total. The monoisotopic (exact) mass is 283 g/mol. The second-order valence-corrected chi connectivity index (χ2v) is 5.01. The van der Waals surface area contributed by atoms with E-state index in [1.54, 1.807) is 0 Å². The minimum atomic E-state index is -5.56. The van der Waals surface area contributed by atoms with Crippen LogP contribution in [-0.2, 0) is 10.0 Å². The van der Waals surface area contributed by atoms with E-state index >= 15 is 0 Å². The Balaban J connectivity index is 3.23. The SMILES string of the molecule is Cc1c(NS(=O)(=O)C(F)(F)F)cccc1C(=O)O. The van der Waals surface area contributed by atoms with E-state index in [0.717, 1.165) is 18.2 Å². The van der Waals surface area contributed by atoms with Crippen LogP contribution in [0.4, 0.5) is 18.9 Å². The van der Waals surface area contributed by atoms with Gasteiger partial charge in [-0.2, -0.15) is 21.6 Å². The Morgan fingerprint density at radius 3 is 2.33 bits per heavy atom. The van der Waals surface area contributed by atoms with Gasteiger partial charge in [0, 0.05) is 0 Å². The van der Waals surface area contributed by atoms with Crippen molar-refractivity contribution in [1.82, 2.24) is 0 Å². The first-order valence-corrected chi connectivity index (χ1v) is 5.96. The number of carboxylic acid groups (broad SMARTS) is 1. The van der Waals surface area contributed by atoms with Gasteiger partial charge < -0.3 is 5.11 Å². The van der Waals surface area contributed by atoms with Crippen LogP contribution >= 0.6 is 0 Å². The standard InChI is InChI=1S/C9H8F3NO4S/c1-5-6(8(14)15)3-2-4-7(5)13-18(16,17)9(10,11)12/h2-4,13H,1H3,(H,14,15). The summed E-state index contributed by atoms with van der Waals surface area (Å²) >= 11 is 0. The average Bonchev–Trinajstić information content (AvgIpc) is 2.18. The molecule has 18 heavy (non-hydrogen) atoms. The zero-order valence-corrected chi connectivity index (χ0v) is 9.76. The molecule has 1 rings (SSSR count). The Hall–Kier alpha value is -1.77. The fourth-order valence-electron chi connectivity index (χ4n) is 1.18. The number of benzene rings is 1. The number of alkyl halides is 3. The molecule has 0 atom stereocenters. The maximum absolute atomic E-state index is 12.1. The highest BCUT2D eigenvalue weighted by Gasteiger charge is 2.46. The lowest BCUT2D eigenvalue weighted by molar-refractivity contribution is -0.0429. The number of hydrogen-bond acceptors (Lipinski definition) is 3. The minimum absolute atomic E-state index is 0.0992. The van der Waals surface area contributed by atoms with Crippen molar-refractivity contribution in [1.29, 1.82) is 0 Å². The summed E-state index contributed by atoms with van der Waals surface area (Å²) in [5.74, 6) is -1.36. The number of halogens is 3. The number of rotatable bonds is 3. The van der Waals surface area contributed by atoms with Gasteiger partial charge in [0.25, 0.3) is 0 Å². The first-order chi connectivity index (χ1) is 8.06. The van der Waals surface area contributed by atoms with Crippen molar-refractivity contribution < 1.29 is 31.5 Å². The van der Waals surface area contributed by atoms with Gasteiger partial charge in [0.15, 0.2) is 0 Å². The maximum Gasteiger partial charge on any atom is 0.516 e. The number of carbonyl (C=O) groups is 1. The number of hydrogen-bond donors (Lipinski definition) is 2. The first-order valence-electron chi connectivity index (χ1n) is 4.48. The van der Waals surface area contributed by atoms with E-state index in [2.05, 4.69) is 0 Å². The van der Waals surface area contributed by atoms with Crippen molar-refractivity contribution in [2.24, 2.45) is 0 Å². The van der Waals surface area contributed by atoms with Gasteiger partial charge >= 0.3 is 21.5 Å². The summed E-state index contributed by atoms with van der Waals surface area (Å²) in [6.45, 7) is 1.21. The summed E-state index contributed by atoms with van der Waals surface area (Å²) in [6.07, 6.45) is 0. The molecule has 0 spiro atoms. The van der Waals surface area contributed by atoms with E-state index in [0.29, 0.717) is 0 Å². The van der Waals surface area contributed by atoms with Crippen LogP contribution in [0.2, 0.25) is 0 Å². The number of nitrogens with one attached hydrogen (secondary N) is 1. The third-order valence-corrected chi connectivity index (χ3v) is 3.21. The normalized spacial score (nSPS) is 12.2. The molecule has 0 aliphatic rings. The van der Waals surface area contributed by atoms with Crippen LogP contribution in [0.3, 0.4) is 0 Å². The van der Waals surface area contributed by atoms with Gasteiger partial charge in [-0.1, -0.05) is 6.07 Å². The maximum atomic E-state index is 12.1. The molecule has 0 aromatic heterocycles. The Bertz CT molecular complexity index is 580. The van der Waals surface area contributed by atoms with Crippen LogP contribution in [0.25, 0.3) is 0 Å². The van der Waals surface area contributed by atoms with Gasteiger partial charge in [-0.05, 0) is 24.6 Å². The van der Waals surface area contributed by atoms with Crippen LogP contribution in [-0.4, -0.2) is 25.0 Å². The molecule has 0 radical (unpaired) electrons.